The summed E-state index contributed by atoms with van der Waals surface area (Å²) in [5.41, 5.74) is 4.06. The molecule has 0 aliphatic carbocycles. The number of aromatic nitrogens is 1. The van der Waals surface area contributed by atoms with Gasteiger partial charge in [-0.15, -0.1) is 22.7 Å². The molecule has 5 rings (SSSR count). The van der Waals surface area contributed by atoms with E-state index < -0.39 is 6.10 Å². The Morgan fingerprint density at radius 1 is 1.14 bits per heavy atom. The van der Waals surface area contributed by atoms with E-state index in [1.54, 1.807) is 11.3 Å². The van der Waals surface area contributed by atoms with Crippen LogP contribution in [0.3, 0.4) is 0 Å². The molecule has 0 radical (unpaired) electrons. The highest BCUT2D eigenvalue weighted by Gasteiger charge is 2.20. The van der Waals surface area contributed by atoms with Crippen molar-refractivity contribution in [1.82, 2.24) is 10.1 Å². The van der Waals surface area contributed by atoms with Crippen LogP contribution in [0.25, 0.3) is 21.5 Å². The molecule has 7 heteroatoms. The summed E-state index contributed by atoms with van der Waals surface area (Å²) in [6.07, 6.45) is 0.558. The van der Waals surface area contributed by atoms with Crippen LogP contribution in [-0.2, 0) is 13.0 Å². The largest absolute Gasteiger partial charge is 0.491 e. The topological polar surface area (TPSA) is 58.7 Å². The smallest absolute Gasteiger partial charge is 0.178 e. The van der Waals surface area contributed by atoms with Gasteiger partial charge in [-0.1, -0.05) is 5.16 Å². The first-order chi connectivity index (χ1) is 13.8. The summed E-state index contributed by atoms with van der Waals surface area (Å²) in [6, 6.07) is 11.9. The lowest BCUT2D eigenvalue weighted by Crippen LogP contribution is -2.38. The van der Waals surface area contributed by atoms with Crippen molar-refractivity contribution in [2.75, 3.05) is 19.7 Å². The molecule has 0 amide bonds. The Kier molecular flexibility index (Phi) is 4.90. The van der Waals surface area contributed by atoms with Crippen LogP contribution >= 0.6 is 22.7 Å². The standard InChI is InChI=1S/C21H20N2O3S2/c24-16(12-23-8-5-19-15(11-23)6-9-27-19)13-25-17-3-1-14(2-4-17)20-21-18(26-22-20)7-10-28-21/h1-4,6-7,9-10,16,24H,5,8,11-13H2/t16-/m1/s1. The van der Waals surface area contributed by atoms with E-state index in [0.29, 0.717) is 6.54 Å². The second kappa shape index (κ2) is 7.67. The molecule has 0 spiro atoms. The van der Waals surface area contributed by atoms with Gasteiger partial charge < -0.3 is 14.4 Å². The molecule has 0 saturated carbocycles. The highest BCUT2D eigenvalue weighted by atomic mass is 32.1. The van der Waals surface area contributed by atoms with Crippen LogP contribution in [0.2, 0.25) is 0 Å². The van der Waals surface area contributed by atoms with Crippen molar-refractivity contribution in [1.29, 1.82) is 0 Å². The van der Waals surface area contributed by atoms with Gasteiger partial charge in [0.15, 0.2) is 5.58 Å². The monoisotopic (exact) mass is 412 g/mol. The average Bonchev–Trinajstić information content (AvgIpc) is 3.43. The lowest BCUT2D eigenvalue weighted by molar-refractivity contribution is 0.0640. The first-order valence-corrected chi connectivity index (χ1v) is 11.0. The molecule has 1 aliphatic rings. The molecule has 0 saturated heterocycles. The molecule has 4 aromatic rings. The molecule has 3 aromatic heterocycles. The van der Waals surface area contributed by atoms with Crippen LogP contribution in [-0.4, -0.2) is 41.0 Å². The zero-order chi connectivity index (χ0) is 18.9. The third kappa shape index (κ3) is 3.58. The maximum atomic E-state index is 10.4. The molecule has 1 atom stereocenters. The molecule has 5 nitrogen and oxygen atoms in total. The van der Waals surface area contributed by atoms with Crippen molar-refractivity contribution in [2.45, 2.75) is 19.1 Å². The molecule has 1 aromatic carbocycles. The predicted octanol–water partition coefficient (Wildman–Crippen LogP) is 4.42. The van der Waals surface area contributed by atoms with Crippen LogP contribution in [0.15, 0.2) is 51.7 Å². The van der Waals surface area contributed by atoms with Gasteiger partial charge in [0.1, 0.15) is 28.9 Å². The van der Waals surface area contributed by atoms with Crippen molar-refractivity contribution in [2.24, 2.45) is 0 Å². The molecule has 4 heterocycles. The lowest BCUT2D eigenvalue weighted by Gasteiger charge is -2.28. The van der Waals surface area contributed by atoms with E-state index in [1.807, 2.05) is 47.0 Å². The van der Waals surface area contributed by atoms with Crippen LogP contribution in [0.5, 0.6) is 5.75 Å². The van der Waals surface area contributed by atoms with Gasteiger partial charge in [0.05, 0.1) is 0 Å². The molecule has 28 heavy (non-hydrogen) atoms. The third-order valence-electron chi connectivity index (χ3n) is 5.01. The zero-order valence-corrected chi connectivity index (χ0v) is 16.8. The fraction of sp³-hybridized carbons (Fsp3) is 0.286. The van der Waals surface area contributed by atoms with E-state index in [1.165, 1.54) is 10.4 Å². The summed E-state index contributed by atoms with van der Waals surface area (Å²) in [5.74, 6) is 0.743. The molecule has 1 N–H and O–H groups in total. The minimum Gasteiger partial charge on any atom is -0.491 e. The first-order valence-electron chi connectivity index (χ1n) is 9.28. The zero-order valence-electron chi connectivity index (χ0n) is 15.2. The average molecular weight is 413 g/mol. The third-order valence-corrected chi connectivity index (χ3v) is 6.93. The Morgan fingerprint density at radius 3 is 2.89 bits per heavy atom. The molecule has 144 valence electrons. The number of aliphatic hydroxyl groups is 1. The van der Waals surface area contributed by atoms with E-state index in [4.69, 9.17) is 9.26 Å². The molecule has 1 aliphatic heterocycles. The molecular weight excluding hydrogens is 392 g/mol. The number of thiophene rings is 2. The summed E-state index contributed by atoms with van der Waals surface area (Å²) in [5, 5.41) is 18.7. The Hall–Kier alpha value is -2.19. The summed E-state index contributed by atoms with van der Waals surface area (Å²) in [7, 11) is 0. The van der Waals surface area contributed by atoms with Crippen molar-refractivity contribution < 1.29 is 14.4 Å². The minimum absolute atomic E-state index is 0.283. The van der Waals surface area contributed by atoms with Gasteiger partial charge in [-0.2, -0.15) is 0 Å². The highest BCUT2D eigenvalue weighted by molar-refractivity contribution is 7.17. The molecular formula is C21H20N2O3S2. The van der Waals surface area contributed by atoms with Crippen molar-refractivity contribution in [3.63, 3.8) is 0 Å². The van der Waals surface area contributed by atoms with Crippen LogP contribution in [0.1, 0.15) is 10.4 Å². The summed E-state index contributed by atoms with van der Waals surface area (Å²) in [4.78, 5) is 3.78. The summed E-state index contributed by atoms with van der Waals surface area (Å²) in [6.45, 7) is 2.82. The molecule has 0 unspecified atom stereocenters. The van der Waals surface area contributed by atoms with Gasteiger partial charge in [-0.3, -0.25) is 4.90 Å². The lowest BCUT2D eigenvalue weighted by atomic mass is 10.1. The van der Waals surface area contributed by atoms with Crippen LogP contribution in [0.4, 0.5) is 0 Å². The first kappa shape index (κ1) is 17.9. The van der Waals surface area contributed by atoms with Gasteiger partial charge in [0, 0.05) is 30.1 Å². The second-order valence-electron chi connectivity index (χ2n) is 6.99. The Morgan fingerprint density at radius 2 is 2.00 bits per heavy atom. The predicted molar refractivity (Wildman–Crippen MR) is 112 cm³/mol. The highest BCUT2D eigenvalue weighted by Crippen LogP contribution is 2.32. The summed E-state index contributed by atoms with van der Waals surface area (Å²) < 4.78 is 12.2. The number of nitrogens with zero attached hydrogens (tertiary/aromatic N) is 2. The normalized spacial score (nSPS) is 15.6. The number of ether oxygens (including phenoxy) is 1. The molecule has 0 bridgehead atoms. The van der Waals surface area contributed by atoms with E-state index in [2.05, 4.69) is 21.5 Å². The maximum absolute atomic E-state index is 10.4. The van der Waals surface area contributed by atoms with E-state index in [9.17, 15) is 5.11 Å². The van der Waals surface area contributed by atoms with Crippen molar-refractivity contribution >= 4 is 33.0 Å². The number of fused-ring (bicyclic) bond motifs is 2. The Bertz CT molecular complexity index is 1070. The van der Waals surface area contributed by atoms with Gasteiger partial charge in [-0.25, -0.2) is 0 Å². The quantitative estimate of drug-likeness (QED) is 0.508. The van der Waals surface area contributed by atoms with Gasteiger partial charge in [0.2, 0.25) is 0 Å². The SMILES string of the molecule is O[C@@H](COc1ccc(-c2noc3ccsc23)cc1)CN1CCc2sccc2C1. The Labute approximate surface area is 170 Å². The number of β-amino-alcohol motifs (C(OH)–C–C–N with tert-alkyl or cyclic N) is 1. The van der Waals surface area contributed by atoms with Gasteiger partial charge >= 0.3 is 0 Å². The van der Waals surface area contributed by atoms with Gasteiger partial charge in [-0.05, 0) is 59.1 Å². The number of benzene rings is 1. The maximum Gasteiger partial charge on any atom is 0.178 e. The van der Waals surface area contributed by atoms with Gasteiger partial charge in [0.25, 0.3) is 0 Å². The fourth-order valence-electron chi connectivity index (χ4n) is 3.58. The molecule has 0 fully saturated rings. The van der Waals surface area contributed by atoms with Crippen molar-refractivity contribution in [3.05, 3.63) is 57.6 Å². The van der Waals surface area contributed by atoms with E-state index in [-0.39, 0.29) is 6.61 Å². The number of hydrogen-bond acceptors (Lipinski definition) is 7. The van der Waals surface area contributed by atoms with Crippen molar-refractivity contribution in [3.8, 4) is 17.0 Å². The second-order valence-corrected chi connectivity index (χ2v) is 8.91. The minimum atomic E-state index is -0.513. The van der Waals surface area contributed by atoms with Crippen LogP contribution < -0.4 is 4.74 Å². The van der Waals surface area contributed by atoms with Crippen LogP contribution in [0, 0.1) is 0 Å². The Balaban J connectivity index is 1.16. The van der Waals surface area contributed by atoms with E-state index in [0.717, 1.165) is 46.8 Å². The summed E-state index contributed by atoms with van der Waals surface area (Å²) >= 11 is 3.45. The number of aliphatic hydroxyl groups excluding tert-OH is 1. The number of rotatable bonds is 6. The number of hydrogen-bond donors (Lipinski definition) is 1. The fourth-order valence-corrected chi connectivity index (χ4v) is 5.28. The van der Waals surface area contributed by atoms with E-state index >= 15 is 0 Å².